The molecule has 0 spiro atoms. The Kier molecular flexibility index (Phi) is 33.2. The molecule has 0 bridgehead atoms. The highest BCUT2D eigenvalue weighted by atomic mass is 32.2. The van der Waals surface area contributed by atoms with Gasteiger partial charge in [-0.05, 0) is 38.3 Å². The summed E-state index contributed by atoms with van der Waals surface area (Å²) in [5.41, 5.74) is 0. The molecule has 108 valence electrons. The van der Waals surface area contributed by atoms with Crippen LogP contribution in [0, 0.1) is 5.92 Å². The Labute approximate surface area is 114 Å². The summed E-state index contributed by atoms with van der Waals surface area (Å²) in [6.07, 6.45) is 3.93. The third-order valence-electron chi connectivity index (χ3n) is 2.20. The lowest BCUT2D eigenvalue weighted by atomic mass is 9.95. The van der Waals surface area contributed by atoms with Crippen molar-refractivity contribution in [1.82, 2.24) is 10.0 Å². The molecule has 4 N–H and O–H groups in total. The normalized spacial score (nSPS) is 14.3. The van der Waals surface area contributed by atoms with Crippen molar-refractivity contribution in [1.29, 1.82) is 0 Å². The lowest BCUT2D eigenvalue weighted by Gasteiger charge is -2.22. The van der Waals surface area contributed by atoms with E-state index in [0.717, 1.165) is 12.5 Å². The van der Waals surface area contributed by atoms with Crippen LogP contribution in [-0.2, 0) is 0 Å². The molecule has 1 saturated heterocycles. The van der Waals surface area contributed by atoms with Gasteiger partial charge in [0.1, 0.15) is 0 Å². The summed E-state index contributed by atoms with van der Waals surface area (Å²) in [4.78, 5) is 0. The summed E-state index contributed by atoms with van der Waals surface area (Å²) in [7, 11) is 0. The van der Waals surface area contributed by atoms with Gasteiger partial charge in [0.25, 0.3) is 0 Å². The summed E-state index contributed by atoms with van der Waals surface area (Å²) in [5, 5.41) is 8.59. The lowest BCUT2D eigenvalue weighted by Crippen LogP contribution is -2.29. The van der Waals surface area contributed by atoms with Crippen LogP contribution < -0.4 is 15.2 Å². The molecule has 1 aliphatic rings. The predicted molar refractivity (Wildman–Crippen MR) is 84.0 cm³/mol. The largest absolute Gasteiger partial charge is 0.317 e. The van der Waals surface area contributed by atoms with Crippen molar-refractivity contribution >= 4 is 12.1 Å². The zero-order valence-corrected chi connectivity index (χ0v) is 13.6. The molecule has 0 aliphatic carbocycles. The van der Waals surface area contributed by atoms with E-state index in [4.69, 9.17) is 5.14 Å². The Morgan fingerprint density at radius 3 is 1.94 bits per heavy atom. The highest BCUT2D eigenvalue weighted by Gasteiger charge is 2.11. The van der Waals surface area contributed by atoms with Crippen molar-refractivity contribution < 1.29 is 0 Å². The molecule has 4 heteroatoms. The average molecular weight is 266 g/mol. The van der Waals surface area contributed by atoms with Crippen LogP contribution in [0.4, 0.5) is 0 Å². The summed E-state index contributed by atoms with van der Waals surface area (Å²) >= 11 is 1.22. The number of hydrogen-bond donors (Lipinski definition) is 3. The first-order chi connectivity index (χ1) is 8.43. The molecule has 0 aromatic heterocycles. The molecule has 0 radical (unpaired) electrons. The van der Waals surface area contributed by atoms with Crippen molar-refractivity contribution in [2.24, 2.45) is 11.1 Å². The molecular formula is C13H35N3S. The van der Waals surface area contributed by atoms with Gasteiger partial charge in [-0.15, -0.1) is 0 Å². The van der Waals surface area contributed by atoms with Crippen LogP contribution in [0.5, 0.6) is 0 Å². The number of nitrogens with two attached hydrogens (primary N) is 1. The van der Waals surface area contributed by atoms with Crippen LogP contribution in [0.25, 0.3) is 0 Å². The highest BCUT2D eigenvalue weighted by molar-refractivity contribution is 7.95. The third kappa shape index (κ3) is 18.8. The standard InChI is InChI=1S/C7H17N3S.3C2H6/c8-11-10-6-3-7-1-4-9-5-2-7;3*1-2/h7,9-10H,1-6,8H2;3*1-2H3. The van der Waals surface area contributed by atoms with Gasteiger partial charge in [0.05, 0.1) is 0 Å². The van der Waals surface area contributed by atoms with E-state index in [1.54, 1.807) is 0 Å². The van der Waals surface area contributed by atoms with Crippen molar-refractivity contribution in [3.63, 3.8) is 0 Å². The van der Waals surface area contributed by atoms with Crippen molar-refractivity contribution in [2.75, 3.05) is 19.6 Å². The van der Waals surface area contributed by atoms with E-state index in [1.807, 2.05) is 41.5 Å². The maximum atomic E-state index is 5.24. The monoisotopic (exact) mass is 265 g/mol. The van der Waals surface area contributed by atoms with Gasteiger partial charge in [0, 0.05) is 18.7 Å². The van der Waals surface area contributed by atoms with E-state index in [0.29, 0.717) is 0 Å². The van der Waals surface area contributed by atoms with E-state index in [2.05, 4.69) is 10.0 Å². The molecule has 1 fully saturated rings. The second-order valence-electron chi connectivity index (χ2n) is 2.99. The van der Waals surface area contributed by atoms with Crippen LogP contribution >= 0.6 is 12.1 Å². The van der Waals surface area contributed by atoms with Crippen LogP contribution in [-0.4, -0.2) is 19.6 Å². The molecule has 17 heavy (non-hydrogen) atoms. The zero-order chi connectivity index (χ0) is 13.9. The minimum atomic E-state index is 0.913. The first-order valence-electron chi connectivity index (χ1n) is 7.23. The van der Waals surface area contributed by atoms with Gasteiger partial charge in [0.15, 0.2) is 0 Å². The molecule has 0 unspecified atom stereocenters. The fourth-order valence-corrected chi connectivity index (χ4v) is 1.73. The van der Waals surface area contributed by atoms with Gasteiger partial charge in [0.2, 0.25) is 0 Å². The van der Waals surface area contributed by atoms with Crippen LogP contribution in [0.2, 0.25) is 0 Å². The van der Waals surface area contributed by atoms with Gasteiger partial charge in [-0.25, -0.2) is 0 Å². The van der Waals surface area contributed by atoms with Crippen molar-refractivity contribution in [3.05, 3.63) is 0 Å². The summed E-state index contributed by atoms with van der Waals surface area (Å²) in [6.45, 7) is 15.4. The van der Waals surface area contributed by atoms with E-state index in [-0.39, 0.29) is 0 Å². The topological polar surface area (TPSA) is 50.1 Å². The first-order valence-corrected chi connectivity index (χ1v) is 8.10. The predicted octanol–water partition coefficient (Wildman–Crippen LogP) is 3.57. The molecule has 3 nitrogen and oxygen atoms in total. The first kappa shape index (κ1) is 22.4. The molecule has 1 rings (SSSR count). The number of nitrogens with one attached hydrogen (secondary N) is 2. The van der Waals surface area contributed by atoms with Gasteiger partial charge in [-0.3, -0.25) is 9.86 Å². The second kappa shape index (κ2) is 25.2. The number of rotatable bonds is 4. The summed E-state index contributed by atoms with van der Waals surface area (Å²) < 4.78 is 3.07. The van der Waals surface area contributed by atoms with Crippen LogP contribution in [0.15, 0.2) is 0 Å². The van der Waals surface area contributed by atoms with E-state index in [9.17, 15) is 0 Å². The van der Waals surface area contributed by atoms with E-state index < -0.39 is 0 Å². The molecule has 0 aromatic rings. The van der Waals surface area contributed by atoms with Crippen LogP contribution in [0.3, 0.4) is 0 Å². The van der Waals surface area contributed by atoms with Gasteiger partial charge in [-0.1, -0.05) is 41.5 Å². The Balaban J connectivity index is -0.000000285. The molecule has 0 amide bonds. The summed E-state index contributed by atoms with van der Waals surface area (Å²) in [5.74, 6) is 0.913. The lowest BCUT2D eigenvalue weighted by molar-refractivity contribution is 0.356. The minimum Gasteiger partial charge on any atom is -0.317 e. The van der Waals surface area contributed by atoms with Crippen molar-refractivity contribution in [2.45, 2.75) is 60.8 Å². The fraction of sp³-hybridized carbons (Fsp3) is 1.00. The Morgan fingerprint density at radius 2 is 1.53 bits per heavy atom. The highest BCUT2D eigenvalue weighted by Crippen LogP contribution is 2.14. The minimum absolute atomic E-state index is 0.913. The molecule has 1 aliphatic heterocycles. The third-order valence-corrected chi connectivity index (χ3v) is 2.57. The molecule has 0 saturated carbocycles. The fourth-order valence-electron chi connectivity index (χ4n) is 1.49. The number of hydrogen-bond acceptors (Lipinski definition) is 4. The smallest absolute Gasteiger partial charge is 0.00730 e. The maximum absolute atomic E-state index is 5.24. The van der Waals surface area contributed by atoms with E-state index >= 15 is 0 Å². The Bertz CT molecular complexity index is 96.7. The Morgan fingerprint density at radius 1 is 1.06 bits per heavy atom. The summed E-state index contributed by atoms with van der Waals surface area (Å²) in [6, 6.07) is 0. The van der Waals surface area contributed by atoms with Crippen molar-refractivity contribution in [3.8, 4) is 0 Å². The average Bonchev–Trinajstić information content (AvgIpc) is 2.47. The molecular weight excluding hydrogens is 230 g/mol. The number of piperidine rings is 1. The maximum Gasteiger partial charge on any atom is 0.00730 e. The van der Waals surface area contributed by atoms with Gasteiger partial charge < -0.3 is 5.32 Å². The molecule has 0 atom stereocenters. The van der Waals surface area contributed by atoms with Gasteiger partial charge in [-0.2, -0.15) is 0 Å². The molecule has 1 heterocycles. The Hall–Kier alpha value is 0.230. The SMILES string of the molecule is CC.CC.CC.NSNCCC1CCNCC1. The zero-order valence-electron chi connectivity index (χ0n) is 12.8. The second-order valence-corrected chi connectivity index (χ2v) is 3.52. The van der Waals surface area contributed by atoms with E-state index in [1.165, 1.54) is 44.5 Å². The molecule has 0 aromatic carbocycles. The quantitative estimate of drug-likeness (QED) is 0.537. The van der Waals surface area contributed by atoms with Gasteiger partial charge >= 0.3 is 0 Å². The van der Waals surface area contributed by atoms with Crippen LogP contribution in [0.1, 0.15) is 60.8 Å².